The van der Waals surface area contributed by atoms with Crippen LogP contribution in [0.1, 0.15) is 5.56 Å². The highest BCUT2D eigenvalue weighted by Gasteiger charge is 1.87. The predicted octanol–water partition coefficient (Wildman–Crippen LogP) is 2.66. The smallest absolute Gasteiger partial charge is 0.156 e. The van der Waals surface area contributed by atoms with Crippen LogP contribution in [0.4, 0.5) is 0 Å². The largest absolute Gasteiger partial charge is 0.297 e. The zero-order valence-electron chi connectivity index (χ0n) is 5.83. The fourth-order valence-electron chi connectivity index (χ4n) is 0.743. The van der Waals surface area contributed by atoms with E-state index >= 15 is 0 Å². The zero-order valence-corrected chi connectivity index (χ0v) is 7.99. The molecule has 0 aromatic heterocycles. The summed E-state index contributed by atoms with van der Waals surface area (Å²) in [5.41, 5.74) is 1.06. The molecule has 1 aromatic rings. The topological polar surface area (TPSA) is 17.1 Å². The van der Waals surface area contributed by atoms with E-state index in [0.717, 1.165) is 11.8 Å². The number of allylic oxidation sites excluding steroid dienone is 1. The maximum atomic E-state index is 10.2. The quantitative estimate of drug-likeness (QED) is 0.452. The summed E-state index contributed by atoms with van der Waals surface area (Å²) >= 11 is 2.00. The van der Waals surface area contributed by atoms with Crippen molar-refractivity contribution in [2.75, 3.05) is 0 Å². The van der Waals surface area contributed by atoms with Gasteiger partial charge in [-0.15, -0.1) is 0 Å². The van der Waals surface area contributed by atoms with Crippen molar-refractivity contribution >= 4 is 35.0 Å². The van der Waals surface area contributed by atoms with Crippen molar-refractivity contribution in [3.8, 4) is 0 Å². The number of rotatable bonds is 2. The molecule has 0 amide bonds. The molecule has 0 unspecified atom stereocenters. The molecule has 0 spiro atoms. The monoisotopic (exact) mass is 258 g/mol. The van der Waals surface area contributed by atoms with Crippen molar-refractivity contribution in [1.82, 2.24) is 0 Å². The number of hydrogen-bond acceptors (Lipinski definition) is 1. The highest BCUT2D eigenvalue weighted by molar-refractivity contribution is 14.1. The van der Waals surface area contributed by atoms with Crippen LogP contribution in [-0.4, -0.2) is 6.29 Å². The second kappa shape index (κ2) is 4.28. The van der Waals surface area contributed by atoms with E-state index in [-0.39, 0.29) is 0 Å². The molecule has 11 heavy (non-hydrogen) atoms. The van der Waals surface area contributed by atoms with E-state index in [9.17, 15) is 4.79 Å². The number of aldehydes is 1. The minimum absolute atomic E-state index is 0.716. The van der Waals surface area contributed by atoms with E-state index in [2.05, 4.69) is 0 Å². The second-order valence-electron chi connectivity index (χ2n) is 2.06. The molecule has 0 heterocycles. The summed E-state index contributed by atoms with van der Waals surface area (Å²) in [4.78, 5) is 10.2. The first-order valence-electron chi connectivity index (χ1n) is 3.20. The lowest BCUT2D eigenvalue weighted by molar-refractivity contribution is -0.104. The predicted molar refractivity (Wildman–Crippen MR) is 54.5 cm³/mol. The van der Waals surface area contributed by atoms with Crippen LogP contribution >= 0.6 is 22.6 Å². The van der Waals surface area contributed by atoms with Gasteiger partial charge in [0, 0.05) is 0 Å². The average Bonchev–Trinajstić information content (AvgIpc) is 2.06. The fraction of sp³-hybridized carbons (Fsp3) is 0. The van der Waals surface area contributed by atoms with E-state index in [1.54, 1.807) is 0 Å². The Morgan fingerprint density at radius 1 is 1.27 bits per heavy atom. The first kappa shape index (κ1) is 8.46. The minimum Gasteiger partial charge on any atom is -0.297 e. The molecule has 0 N–H and O–H groups in total. The van der Waals surface area contributed by atoms with E-state index in [1.807, 2.05) is 59.0 Å². The molecule has 56 valence electrons. The molecule has 1 rings (SSSR count). The Morgan fingerprint density at radius 3 is 2.45 bits per heavy atom. The zero-order chi connectivity index (χ0) is 8.10. The lowest BCUT2D eigenvalue weighted by atomic mass is 10.2. The van der Waals surface area contributed by atoms with Crippen molar-refractivity contribution in [2.24, 2.45) is 0 Å². The van der Waals surface area contributed by atoms with Crippen molar-refractivity contribution in [1.29, 1.82) is 0 Å². The number of carbonyl (C=O) groups excluding carboxylic acids is 1. The number of halogens is 1. The fourth-order valence-corrected chi connectivity index (χ4v) is 1.10. The summed E-state index contributed by atoms with van der Waals surface area (Å²) in [5, 5.41) is 0. The highest BCUT2D eigenvalue weighted by atomic mass is 127. The minimum atomic E-state index is 0.716. The molecule has 0 atom stereocenters. The Bertz CT molecular complexity index is 264. The van der Waals surface area contributed by atoms with Gasteiger partial charge in [-0.2, -0.15) is 0 Å². The normalized spacial score (nSPS) is 11.2. The Morgan fingerprint density at radius 2 is 1.91 bits per heavy atom. The van der Waals surface area contributed by atoms with Crippen molar-refractivity contribution in [2.45, 2.75) is 0 Å². The molecule has 0 bridgehead atoms. The molecule has 1 nitrogen and oxygen atoms in total. The number of benzene rings is 1. The summed E-state index contributed by atoms with van der Waals surface area (Å²) in [6, 6.07) is 9.76. The van der Waals surface area contributed by atoms with Crippen LogP contribution in [0.25, 0.3) is 6.08 Å². The van der Waals surface area contributed by atoms with Gasteiger partial charge in [0.1, 0.15) is 0 Å². The summed E-state index contributed by atoms with van der Waals surface area (Å²) in [5.74, 6) is 0. The molecular formula is C9H7IO. The first-order valence-corrected chi connectivity index (χ1v) is 4.28. The molecule has 0 radical (unpaired) electrons. The van der Waals surface area contributed by atoms with Crippen LogP contribution in [0.2, 0.25) is 0 Å². The van der Waals surface area contributed by atoms with Crippen LogP contribution in [-0.2, 0) is 4.79 Å². The van der Waals surface area contributed by atoms with E-state index in [1.165, 1.54) is 0 Å². The molecule has 1 aromatic carbocycles. The van der Waals surface area contributed by atoms with Crippen LogP contribution in [0.3, 0.4) is 0 Å². The van der Waals surface area contributed by atoms with E-state index in [4.69, 9.17) is 0 Å². The Hall–Kier alpha value is -0.640. The van der Waals surface area contributed by atoms with Gasteiger partial charge in [0.15, 0.2) is 6.29 Å². The maximum absolute atomic E-state index is 10.2. The molecule has 0 fully saturated rings. The van der Waals surface area contributed by atoms with Gasteiger partial charge in [0.25, 0.3) is 0 Å². The maximum Gasteiger partial charge on any atom is 0.156 e. The van der Waals surface area contributed by atoms with Crippen LogP contribution in [0.15, 0.2) is 33.9 Å². The summed E-state index contributed by atoms with van der Waals surface area (Å²) in [7, 11) is 0. The van der Waals surface area contributed by atoms with Gasteiger partial charge in [0.2, 0.25) is 0 Å². The lowest BCUT2D eigenvalue weighted by Gasteiger charge is -1.89. The van der Waals surface area contributed by atoms with Gasteiger partial charge < -0.3 is 0 Å². The SMILES string of the molecule is O=CC(I)=Cc1ccccc1. The molecular weight excluding hydrogens is 251 g/mol. The molecule has 0 saturated heterocycles. The molecule has 0 saturated carbocycles. The third kappa shape index (κ3) is 2.84. The van der Waals surface area contributed by atoms with Crippen LogP contribution in [0.5, 0.6) is 0 Å². The van der Waals surface area contributed by atoms with Gasteiger partial charge in [-0.1, -0.05) is 30.3 Å². The third-order valence-electron chi connectivity index (χ3n) is 1.22. The molecule has 0 aliphatic heterocycles. The van der Waals surface area contributed by atoms with Gasteiger partial charge in [-0.3, -0.25) is 4.79 Å². The number of hydrogen-bond donors (Lipinski definition) is 0. The molecule has 0 aliphatic carbocycles. The average molecular weight is 258 g/mol. The second-order valence-corrected chi connectivity index (χ2v) is 3.30. The Labute approximate surface area is 79.3 Å². The lowest BCUT2D eigenvalue weighted by Crippen LogP contribution is -1.73. The first-order chi connectivity index (χ1) is 5.33. The van der Waals surface area contributed by atoms with Gasteiger partial charge in [0.05, 0.1) is 3.58 Å². The van der Waals surface area contributed by atoms with Crippen molar-refractivity contribution in [3.05, 3.63) is 39.5 Å². The summed E-state index contributed by atoms with van der Waals surface area (Å²) in [6.45, 7) is 0. The van der Waals surface area contributed by atoms with Gasteiger partial charge in [-0.05, 0) is 34.2 Å². The van der Waals surface area contributed by atoms with Gasteiger partial charge in [-0.25, -0.2) is 0 Å². The molecule has 0 aliphatic rings. The number of carbonyl (C=O) groups is 1. The Kier molecular flexibility index (Phi) is 3.29. The van der Waals surface area contributed by atoms with Crippen LogP contribution in [0, 0.1) is 0 Å². The summed E-state index contributed by atoms with van der Waals surface area (Å²) in [6.07, 6.45) is 2.68. The molecule has 2 heteroatoms. The Balaban J connectivity index is 2.87. The van der Waals surface area contributed by atoms with Crippen LogP contribution < -0.4 is 0 Å². The van der Waals surface area contributed by atoms with Crippen molar-refractivity contribution < 1.29 is 4.79 Å². The van der Waals surface area contributed by atoms with Crippen molar-refractivity contribution in [3.63, 3.8) is 0 Å². The van der Waals surface area contributed by atoms with E-state index in [0.29, 0.717) is 3.58 Å². The van der Waals surface area contributed by atoms with Gasteiger partial charge >= 0.3 is 0 Å². The third-order valence-corrected chi connectivity index (χ3v) is 1.78. The highest BCUT2D eigenvalue weighted by Crippen LogP contribution is 2.09. The van der Waals surface area contributed by atoms with E-state index < -0.39 is 0 Å². The standard InChI is InChI=1S/C9H7IO/c10-9(7-11)6-8-4-2-1-3-5-8/h1-7H. The summed E-state index contributed by atoms with van der Waals surface area (Å²) < 4.78 is 0.716.